The molecule has 0 radical (unpaired) electrons. The Labute approximate surface area is 521 Å². The van der Waals surface area contributed by atoms with Crippen molar-refractivity contribution in [3.05, 3.63) is 333 Å². The summed E-state index contributed by atoms with van der Waals surface area (Å²) in [7, 11) is 0. The Morgan fingerprint density at radius 3 is 0.844 bits per heavy atom. The Balaban J connectivity index is 1.05. The van der Waals surface area contributed by atoms with Gasteiger partial charge in [-0.1, -0.05) is 249 Å². The van der Waals surface area contributed by atoms with E-state index in [1.165, 1.54) is 0 Å². The van der Waals surface area contributed by atoms with Gasteiger partial charge in [-0.3, -0.25) is 0 Å². The number of aromatic nitrogens is 3. The van der Waals surface area contributed by atoms with E-state index in [1.54, 1.807) is 6.07 Å². The van der Waals surface area contributed by atoms with E-state index in [0.717, 1.165) is 155 Å². The molecule has 0 aliphatic carbocycles. The molecule has 0 bridgehead atoms. The van der Waals surface area contributed by atoms with Crippen LogP contribution in [-0.4, -0.2) is 14.1 Å². The zero-order valence-electron chi connectivity index (χ0n) is 48.8. The minimum Gasteiger partial charge on any atom is -0.309 e. The molecule has 0 spiro atoms. The lowest BCUT2D eigenvalue weighted by Crippen LogP contribution is -2.06. The van der Waals surface area contributed by atoms with Crippen molar-refractivity contribution in [2.24, 2.45) is 0 Å². The molecule has 90 heavy (non-hydrogen) atoms. The minimum atomic E-state index is 0.282. The van der Waals surface area contributed by atoms with Crippen molar-refractivity contribution in [2.45, 2.75) is 0 Å². The molecule has 0 amide bonds. The molecule has 13 aromatic carbocycles. The standard InChI is InChI=1S/C85H53N5/c86-54-67-40-39-66(49-68(67)55-87)81-82(69-35-19-21-37-75(69)89-77-45-41-62(56-23-7-1-8-24-56)50-71(77)72-51-63(42-46-78(72)89)57-25-9-2-10-26-57)84(60-31-15-5-16-32-60)88-85(61-33-17-6-18-34-61)83(81)70-36-20-22-38-76(70)90-79-47-43-64(58-27-11-3-12-28-58)52-73(79)74-53-65(44-48-80(74)90)59-29-13-4-14-30-59/h1-53H. The van der Waals surface area contributed by atoms with Crippen LogP contribution in [0.5, 0.6) is 0 Å². The zero-order chi connectivity index (χ0) is 60.1. The van der Waals surface area contributed by atoms with Crippen LogP contribution in [0.15, 0.2) is 322 Å². The Morgan fingerprint density at radius 2 is 0.522 bits per heavy atom. The topological polar surface area (TPSA) is 70.3 Å². The van der Waals surface area contributed by atoms with Gasteiger partial charge in [0.1, 0.15) is 12.1 Å². The number of nitrogens with zero attached hydrogens (tertiary/aromatic N) is 5. The molecule has 0 N–H and O–H groups in total. The van der Waals surface area contributed by atoms with Gasteiger partial charge in [-0.25, -0.2) is 4.98 Å². The highest BCUT2D eigenvalue weighted by Gasteiger charge is 2.30. The fourth-order valence-corrected chi connectivity index (χ4v) is 13.5. The van der Waals surface area contributed by atoms with Crippen LogP contribution in [0.1, 0.15) is 11.1 Å². The van der Waals surface area contributed by atoms with Crippen molar-refractivity contribution in [2.75, 3.05) is 0 Å². The van der Waals surface area contributed by atoms with E-state index in [0.29, 0.717) is 5.56 Å². The molecule has 0 saturated carbocycles. The van der Waals surface area contributed by atoms with Gasteiger partial charge in [0.05, 0.1) is 56.0 Å². The fourth-order valence-electron chi connectivity index (χ4n) is 13.5. The monoisotopic (exact) mass is 1140 g/mol. The van der Waals surface area contributed by atoms with Gasteiger partial charge in [0.2, 0.25) is 0 Å². The molecule has 3 aromatic heterocycles. The predicted molar refractivity (Wildman–Crippen MR) is 371 cm³/mol. The average Bonchev–Trinajstić information content (AvgIpc) is 1.42. The van der Waals surface area contributed by atoms with Crippen molar-refractivity contribution in [3.8, 4) is 124 Å². The molecular weight excluding hydrogens is 1090 g/mol. The van der Waals surface area contributed by atoms with Crippen LogP contribution in [0, 0.1) is 22.7 Å². The van der Waals surface area contributed by atoms with Crippen LogP contribution >= 0.6 is 0 Å². The molecule has 16 aromatic rings. The largest absolute Gasteiger partial charge is 0.309 e. The summed E-state index contributed by atoms with van der Waals surface area (Å²) in [6.07, 6.45) is 0. The van der Waals surface area contributed by atoms with Crippen LogP contribution in [0.25, 0.3) is 155 Å². The lowest BCUT2D eigenvalue weighted by atomic mass is 9.82. The molecule has 5 heteroatoms. The lowest BCUT2D eigenvalue weighted by Gasteiger charge is -2.26. The van der Waals surface area contributed by atoms with Crippen LogP contribution in [-0.2, 0) is 0 Å². The van der Waals surface area contributed by atoms with Crippen molar-refractivity contribution >= 4 is 43.6 Å². The van der Waals surface area contributed by atoms with E-state index in [-0.39, 0.29) is 5.56 Å². The van der Waals surface area contributed by atoms with E-state index in [2.05, 4.69) is 312 Å². The molecule has 0 aliphatic heterocycles. The minimum absolute atomic E-state index is 0.282. The number of hydrogen-bond acceptors (Lipinski definition) is 3. The van der Waals surface area contributed by atoms with E-state index in [1.807, 2.05) is 24.3 Å². The summed E-state index contributed by atoms with van der Waals surface area (Å²) < 4.78 is 4.84. The van der Waals surface area contributed by atoms with Crippen LogP contribution < -0.4 is 0 Å². The Kier molecular flexibility index (Phi) is 13.2. The summed E-state index contributed by atoms with van der Waals surface area (Å²) in [6.45, 7) is 0. The van der Waals surface area contributed by atoms with Crippen LogP contribution in [0.2, 0.25) is 0 Å². The van der Waals surface area contributed by atoms with E-state index >= 15 is 0 Å². The van der Waals surface area contributed by atoms with E-state index in [9.17, 15) is 10.5 Å². The van der Waals surface area contributed by atoms with Gasteiger partial charge in [0.15, 0.2) is 0 Å². The molecule has 418 valence electrons. The molecule has 3 heterocycles. The second kappa shape index (κ2) is 22.5. The number of pyridine rings is 1. The molecule has 0 saturated heterocycles. The maximum absolute atomic E-state index is 11.0. The summed E-state index contributed by atoms with van der Waals surface area (Å²) in [6, 6.07) is 119. The Hall–Kier alpha value is -12.4. The fraction of sp³-hybridized carbons (Fsp3) is 0. The highest BCUT2D eigenvalue weighted by molar-refractivity contribution is 6.15. The SMILES string of the molecule is N#Cc1ccc(-c2c(-c3ccccc3-n3c4ccc(-c5ccccc5)cc4c4cc(-c5ccccc5)ccc43)c(-c3ccccc3)nc(-c3ccccc3)c2-c2ccccc2-n2c3ccc(-c4ccccc4)cc3c3cc(-c4ccccc4)ccc32)cc1C#N. The van der Waals surface area contributed by atoms with Gasteiger partial charge < -0.3 is 9.13 Å². The maximum atomic E-state index is 11.0. The molecule has 0 aliphatic rings. The van der Waals surface area contributed by atoms with Crippen LogP contribution in [0.4, 0.5) is 0 Å². The average molecular weight is 1140 g/mol. The summed E-state index contributed by atoms with van der Waals surface area (Å²) in [5, 5.41) is 26.1. The van der Waals surface area contributed by atoms with Crippen molar-refractivity contribution < 1.29 is 0 Å². The van der Waals surface area contributed by atoms with Crippen molar-refractivity contribution in [1.82, 2.24) is 14.1 Å². The summed E-state index contributed by atoms with van der Waals surface area (Å²) in [5.41, 5.74) is 24.3. The smallest absolute Gasteiger partial charge is 0.101 e. The summed E-state index contributed by atoms with van der Waals surface area (Å²) >= 11 is 0. The van der Waals surface area contributed by atoms with Crippen molar-refractivity contribution in [1.29, 1.82) is 10.5 Å². The third-order valence-electron chi connectivity index (χ3n) is 17.6. The van der Waals surface area contributed by atoms with Gasteiger partial charge in [0.25, 0.3) is 0 Å². The van der Waals surface area contributed by atoms with Gasteiger partial charge in [-0.2, -0.15) is 10.5 Å². The van der Waals surface area contributed by atoms with Gasteiger partial charge >= 0.3 is 0 Å². The van der Waals surface area contributed by atoms with Gasteiger partial charge in [-0.05, 0) is 123 Å². The number of fused-ring (bicyclic) bond motifs is 6. The second-order valence-corrected chi connectivity index (χ2v) is 22.7. The van der Waals surface area contributed by atoms with Crippen molar-refractivity contribution in [3.63, 3.8) is 0 Å². The zero-order valence-corrected chi connectivity index (χ0v) is 48.8. The van der Waals surface area contributed by atoms with Gasteiger partial charge in [-0.15, -0.1) is 0 Å². The third kappa shape index (κ3) is 9.13. The first-order valence-corrected chi connectivity index (χ1v) is 30.3. The molecule has 5 nitrogen and oxygen atoms in total. The maximum Gasteiger partial charge on any atom is 0.101 e. The first kappa shape index (κ1) is 53.1. The quantitative estimate of drug-likeness (QED) is 0.130. The lowest BCUT2D eigenvalue weighted by molar-refractivity contribution is 1.17. The third-order valence-corrected chi connectivity index (χ3v) is 17.6. The Bertz CT molecular complexity index is 5020. The predicted octanol–water partition coefficient (Wildman–Crippen LogP) is 22.0. The second-order valence-electron chi connectivity index (χ2n) is 22.7. The first-order chi connectivity index (χ1) is 44.6. The number of nitriles is 2. The number of rotatable bonds is 11. The number of hydrogen-bond donors (Lipinski definition) is 0. The van der Waals surface area contributed by atoms with E-state index < -0.39 is 0 Å². The molecular formula is C85H53N5. The number of benzene rings is 13. The molecule has 0 unspecified atom stereocenters. The van der Waals surface area contributed by atoms with Crippen LogP contribution in [0.3, 0.4) is 0 Å². The highest BCUT2D eigenvalue weighted by Crippen LogP contribution is 2.53. The molecule has 0 fully saturated rings. The summed E-state index contributed by atoms with van der Waals surface area (Å²) in [4.78, 5) is 6.07. The molecule has 0 atom stereocenters. The van der Waals surface area contributed by atoms with E-state index in [4.69, 9.17) is 4.98 Å². The first-order valence-electron chi connectivity index (χ1n) is 30.3. The summed E-state index contributed by atoms with van der Waals surface area (Å²) in [5.74, 6) is 0. The molecule has 16 rings (SSSR count). The highest BCUT2D eigenvalue weighted by atomic mass is 15.0. The number of para-hydroxylation sites is 2. The Morgan fingerprint density at radius 1 is 0.233 bits per heavy atom. The normalized spacial score (nSPS) is 11.3. The van der Waals surface area contributed by atoms with Gasteiger partial charge in [0, 0.05) is 60.5 Å².